The molecule has 0 aliphatic rings. The van der Waals surface area contributed by atoms with E-state index in [1.54, 1.807) is 7.11 Å². The number of ether oxygens (including phenoxy) is 2. The maximum atomic E-state index is 5.69. The van der Waals surface area contributed by atoms with Crippen LogP contribution in [-0.4, -0.2) is 32.9 Å². The molecule has 0 bridgehead atoms. The lowest BCUT2D eigenvalue weighted by Gasteiger charge is -2.19. The van der Waals surface area contributed by atoms with E-state index >= 15 is 0 Å². The Kier molecular flexibility index (Phi) is 8.31. The van der Waals surface area contributed by atoms with Crippen molar-refractivity contribution in [2.75, 3.05) is 26.8 Å². The summed E-state index contributed by atoms with van der Waals surface area (Å²) < 4.78 is 11.1. The summed E-state index contributed by atoms with van der Waals surface area (Å²) in [4.78, 5) is 0. The molecular weight excluding hydrogens is 250 g/mol. The van der Waals surface area contributed by atoms with Gasteiger partial charge in [0.1, 0.15) is 5.75 Å². The van der Waals surface area contributed by atoms with Crippen molar-refractivity contribution in [3.8, 4) is 5.75 Å². The number of rotatable bonds is 10. The summed E-state index contributed by atoms with van der Waals surface area (Å²) >= 11 is 0. The monoisotopic (exact) mass is 279 g/mol. The minimum absolute atomic E-state index is 0.307. The first-order valence-electron chi connectivity index (χ1n) is 7.61. The van der Waals surface area contributed by atoms with Crippen LogP contribution in [0.5, 0.6) is 5.75 Å². The lowest BCUT2D eigenvalue weighted by atomic mass is 9.95. The highest BCUT2D eigenvalue weighted by Crippen LogP contribution is 2.22. The Morgan fingerprint density at radius 1 is 1.20 bits per heavy atom. The van der Waals surface area contributed by atoms with Crippen LogP contribution in [0.15, 0.2) is 24.3 Å². The summed E-state index contributed by atoms with van der Waals surface area (Å²) in [6.45, 7) is 9.16. The van der Waals surface area contributed by atoms with Gasteiger partial charge in [-0.15, -0.1) is 0 Å². The maximum absolute atomic E-state index is 5.69. The molecule has 0 saturated carbocycles. The smallest absolute Gasteiger partial charge is 0.122 e. The molecule has 3 nitrogen and oxygen atoms in total. The molecule has 0 saturated heterocycles. The third-order valence-electron chi connectivity index (χ3n) is 3.36. The fraction of sp³-hybridized carbons (Fsp3) is 0.647. The van der Waals surface area contributed by atoms with E-state index in [1.165, 1.54) is 5.56 Å². The van der Waals surface area contributed by atoms with Crippen LogP contribution in [0.3, 0.4) is 0 Å². The summed E-state index contributed by atoms with van der Waals surface area (Å²) in [5.41, 5.74) is 1.28. The van der Waals surface area contributed by atoms with Gasteiger partial charge >= 0.3 is 0 Å². The Bertz CT molecular complexity index is 366. The molecular formula is C17H29NO2. The Morgan fingerprint density at radius 3 is 2.60 bits per heavy atom. The molecule has 0 heterocycles. The molecule has 0 amide bonds. The van der Waals surface area contributed by atoms with Gasteiger partial charge in [-0.2, -0.15) is 0 Å². The zero-order valence-corrected chi connectivity index (χ0v) is 13.3. The Hall–Kier alpha value is -1.06. The minimum atomic E-state index is 0.307. The molecule has 1 aromatic carbocycles. The van der Waals surface area contributed by atoms with Crippen LogP contribution in [0.1, 0.15) is 32.8 Å². The van der Waals surface area contributed by atoms with Gasteiger partial charge in [-0.25, -0.2) is 0 Å². The summed E-state index contributed by atoms with van der Waals surface area (Å²) in [5.74, 6) is 1.56. The lowest BCUT2D eigenvalue weighted by Crippen LogP contribution is -2.25. The number of methoxy groups -OCH3 is 1. The van der Waals surface area contributed by atoms with E-state index in [4.69, 9.17) is 9.47 Å². The predicted molar refractivity (Wildman–Crippen MR) is 84.4 cm³/mol. The standard InChI is InChI=1S/C17H29NO2/c1-5-18-13-15(10-11-20-14(2)3)12-16-8-6-7-9-17(16)19-4/h6-9,14-15,18H,5,10-13H2,1-4H3. The average molecular weight is 279 g/mol. The van der Waals surface area contributed by atoms with Crippen molar-refractivity contribution in [1.82, 2.24) is 5.32 Å². The number of hydrogen-bond acceptors (Lipinski definition) is 3. The first-order valence-corrected chi connectivity index (χ1v) is 7.61. The molecule has 0 radical (unpaired) electrons. The highest BCUT2D eigenvalue weighted by atomic mass is 16.5. The first-order chi connectivity index (χ1) is 9.67. The van der Waals surface area contributed by atoms with Crippen LogP contribution < -0.4 is 10.1 Å². The molecule has 0 aliphatic heterocycles. The second kappa shape index (κ2) is 9.78. The van der Waals surface area contributed by atoms with Gasteiger partial charge in [0, 0.05) is 6.61 Å². The molecule has 1 atom stereocenters. The zero-order valence-electron chi connectivity index (χ0n) is 13.3. The van der Waals surface area contributed by atoms with Crippen molar-refractivity contribution in [1.29, 1.82) is 0 Å². The van der Waals surface area contributed by atoms with Gasteiger partial charge in [0.2, 0.25) is 0 Å². The van der Waals surface area contributed by atoms with Crippen molar-refractivity contribution < 1.29 is 9.47 Å². The van der Waals surface area contributed by atoms with Crippen molar-refractivity contribution in [2.24, 2.45) is 5.92 Å². The molecule has 0 spiro atoms. The molecule has 0 fully saturated rings. The second-order valence-corrected chi connectivity index (χ2v) is 5.40. The van der Waals surface area contributed by atoms with Crippen LogP contribution in [0, 0.1) is 5.92 Å². The number of nitrogens with one attached hydrogen (secondary N) is 1. The third-order valence-corrected chi connectivity index (χ3v) is 3.36. The zero-order chi connectivity index (χ0) is 14.8. The summed E-state index contributed by atoms with van der Waals surface area (Å²) in [6, 6.07) is 8.28. The van der Waals surface area contributed by atoms with Gasteiger partial charge in [0.25, 0.3) is 0 Å². The number of para-hydroxylation sites is 1. The normalized spacial score (nSPS) is 12.7. The Balaban J connectivity index is 2.58. The van der Waals surface area contributed by atoms with Crippen molar-refractivity contribution in [2.45, 2.75) is 39.7 Å². The van der Waals surface area contributed by atoms with Crippen LogP contribution in [0.4, 0.5) is 0 Å². The van der Waals surface area contributed by atoms with E-state index in [1.807, 2.05) is 12.1 Å². The van der Waals surface area contributed by atoms with Crippen LogP contribution in [-0.2, 0) is 11.2 Å². The molecule has 1 unspecified atom stereocenters. The molecule has 1 N–H and O–H groups in total. The van der Waals surface area contributed by atoms with Crippen LogP contribution in [0.25, 0.3) is 0 Å². The van der Waals surface area contributed by atoms with E-state index in [2.05, 4.69) is 38.2 Å². The van der Waals surface area contributed by atoms with Crippen LogP contribution in [0.2, 0.25) is 0 Å². The van der Waals surface area contributed by atoms with Gasteiger partial charge in [0.15, 0.2) is 0 Å². The summed E-state index contributed by atoms with van der Waals surface area (Å²) in [7, 11) is 1.74. The van der Waals surface area contributed by atoms with E-state index in [9.17, 15) is 0 Å². The fourth-order valence-corrected chi connectivity index (χ4v) is 2.28. The van der Waals surface area contributed by atoms with E-state index < -0.39 is 0 Å². The highest BCUT2D eigenvalue weighted by Gasteiger charge is 2.12. The van der Waals surface area contributed by atoms with E-state index in [-0.39, 0.29) is 0 Å². The molecule has 114 valence electrons. The first kappa shape index (κ1) is 17.0. The SMILES string of the molecule is CCNCC(CCOC(C)C)Cc1ccccc1OC. The summed E-state index contributed by atoms with van der Waals surface area (Å²) in [6.07, 6.45) is 2.41. The van der Waals surface area contributed by atoms with Gasteiger partial charge in [-0.3, -0.25) is 0 Å². The van der Waals surface area contributed by atoms with E-state index in [0.717, 1.165) is 38.3 Å². The average Bonchev–Trinajstić information content (AvgIpc) is 2.44. The predicted octanol–water partition coefficient (Wildman–Crippen LogP) is 3.28. The van der Waals surface area contributed by atoms with Gasteiger partial charge in [-0.05, 0) is 57.3 Å². The fourth-order valence-electron chi connectivity index (χ4n) is 2.28. The Morgan fingerprint density at radius 2 is 1.95 bits per heavy atom. The maximum Gasteiger partial charge on any atom is 0.122 e. The molecule has 0 aromatic heterocycles. The lowest BCUT2D eigenvalue weighted by molar-refractivity contribution is 0.0683. The molecule has 0 aliphatic carbocycles. The molecule has 3 heteroatoms. The van der Waals surface area contributed by atoms with Crippen molar-refractivity contribution in [3.05, 3.63) is 29.8 Å². The molecule has 1 rings (SSSR count). The van der Waals surface area contributed by atoms with Gasteiger partial charge in [-0.1, -0.05) is 25.1 Å². The van der Waals surface area contributed by atoms with Crippen molar-refractivity contribution in [3.63, 3.8) is 0 Å². The van der Waals surface area contributed by atoms with Gasteiger partial charge in [0.05, 0.1) is 13.2 Å². The Labute approximate surface area is 123 Å². The topological polar surface area (TPSA) is 30.5 Å². The third kappa shape index (κ3) is 6.40. The quantitative estimate of drug-likeness (QED) is 0.713. The van der Waals surface area contributed by atoms with E-state index in [0.29, 0.717) is 12.0 Å². The number of hydrogen-bond donors (Lipinski definition) is 1. The largest absolute Gasteiger partial charge is 0.496 e. The minimum Gasteiger partial charge on any atom is -0.496 e. The molecule has 1 aromatic rings. The van der Waals surface area contributed by atoms with Gasteiger partial charge < -0.3 is 14.8 Å². The highest BCUT2D eigenvalue weighted by molar-refractivity contribution is 5.33. The number of benzene rings is 1. The van der Waals surface area contributed by atoms with Crippen LogP contribution >= 0.6 is 0 Å². The second-order valence-electron chi connectivity index (χ2n) is 5.40. The summed E-state index contributed by atoms with van der Waals surface area (Å²) in [5, 5.41) is 3.45. The molecule has 20 heavy (non-hydrogen) atoms. The van der Waals surface area contributed by atoms with Crippen molar-refractivity contribution >= 4 is 0 Å².